The number of hydrogen-bond donors (Lipinski definition) is 1. The number of sulfonamides is 1. The molecule has 0 radical (unpaired) electrons. The van der Waals surface area contributed by atoms with Crippen molar-refractivity contribution in [2.45, 2.75) is 56.1 Å². The first-order valence-corrected chi connectivity index (χ1v) is 15.7. The molecule has 1 atom stereocenters. The van der Waals surface area contributed by atoms with E-state index in [4.69, 9.17) is 21.1 Å². The third-order valence-corrected chi connectivity index (χ3v) is 9.49. The van der Waals surface area contributed by atoms with Crippen molar-refractivity contribution in [3.8, 4) is 11.5 Å². The van der Waals surface area contributed by atoms with Crippen LogP contribution >= 0.6 is 11.6 Å². The van der Waals surface area contributed by atoms with Crippen LogP contribution in [0.1, 0.15) is 38.2 Å². The van der Waals surface area contributed by atoms with Gasteiger partial charge in [-0.2, -0.15) is 0 Å². The number of rotatable bonds is 12. The van der Waals surface area contributed by atoms with Gasteiger partial charge >= 0.3 is 0 Å². The van der Waals surface area contributed by atoms with Crippen molar-refractivity contribution in [1.29, 1.82) is 0 Å². The molecule has 3 aromatic carbocycles. The Hall–Kier alpha value is -3.83. The van der Waals surface area contributed by atoms with Gasteiger partial charge in [0.1, 0.15) is 18.4 Å². The Kier molecular flexibility index (Phi) is 10.5. The van der Waals surface area contributed by atoms with Gasteiger partial charge in [0.2, 0.25) is 11.8 Å². The Morgan fingerprint density at radius 3 is 2.21 bits per heavy atom. The van der Waals surface area contributed by atoms with E-state index in [1.54, 1.807) is 31.2 Å². The summed E-state index contributed by atoms with van der Waals surface area (Å²) in [6, 6.07) is 14.8. The van der Waals surface area contributed by atoms with Crippen LogP contribution in [0, 0.1) is 5.82 Å². The summed E-state index contributed by atoms with van der Waals surface area (Å²) in [5.74, 6) is -1.03. The smallest absolute Gasteiger partial charge is 0.264 e. The quantitative estimate of drug-likeness (QED) is 0.296. The second-order valence-electron chi connectivity index (χ2n) is 10.3. The highest BCUT2D eigenvalue weighted by atomic mass is 35.5. The fourth-order valence-electron chi connectivity index (χ4n) is 5.00. The van der Waals surface area contributed by atoms with Gasteiger partial charge in [-0.3, -0.25) is 13.9 Å². The number of halogens is 2. The van der Waals surface area contributed by atoms with Crippen LogP contribution in [0.4, 0.5) is 10.1 Å². The summed E-state index contributed by atoms with van der Waals surface area (Å²) >= 11 is 6.05. The lowest BCUT2D eigenvalue weighted by Crippen LogP contribution is -2.52. The van der Waals surface area contributed by atoms with Crippen LogP contribution in [0.25, 0.3) is 0 Å². The van der Waals surface area contributed by atoms with E-state index in [0.29, 0.717) is 16.3 Å². The molecule has 1 aliphatic rings. The molecular formula is C31H35ClFN3O6S. The second kappa shape index (κ2) is 14.1. The molecule has 3 aromatic rings. The topological polar surface area (TPSA) is 105 Å². The molecule has 0 bridgehead atoms. The van der Waals surface area contributed by atoms with Crippen molar-refractivity contribution in [2.75, 3.05) is 25.1 Å². The van der Waals surface area contributed by atoms with Crippen LogP contribution in [0.2, 0.25) is 5.02 Å². The minimum atomic E-state index is -4.39. The van der Waals surface area contributed by atoms with E-state index in [1.165, 1.54) is 49.5 Å². The summed E-state index contributed by atoms with van der Waals surface area (Å²) < 4.78 is 53.4. The average Bonchev–Trinajstić information content (AvgIpc) is 3.52. The molecule has 12 heteroatoms. The SMILES string of the molecule is COc1ccc(S(=O)(=O)N(CC(=O)N(Cc2ccc(Cl)cc2)[C@H](C)C(=O)NC2CCCC2)c2ccc(F)cc2)cc1OC. The molecule has 1 saturated carbocycles. The fourth-order valence-corrected chi connectivity index (χ4v) is 6.56. The molecule has 230 valence electrons. The molecule has 1 fully saturated rings. The monoisotopic (exact) mass is 631 g/mol. The van der Waals surface area contributed by atoms with E-state index in [9.17, 15) is 22.4 Å². The van der Waals surface area contributed by atoms with Gasteiger partial charge < -0.3 is 19.7 Å². The number of nitrogens with one attached hydrogen (secondary N) is 1. The van der Waals surface area contributed by atoms with E-state index in [-0.39, 0.29) is 34.8 Å². The standard InChI is InChI=1S/C31H35ClFN3O6S/c1-21(31(38)34-25-6-4-5-7-25)35(19-22-8-10-23(32)11-9-22)30(37)20-36(26-14-12-24(33)13-15-26)43(39,40)27-16-17-28(41-2)29(18-27)42-3/h8-18,21,25H,4-7,19-20H2,1-3H3,(H,34,38)/t21-/m1/s1. The number of anilines is 1. The summed E-state index contributed by atoms with van der Waals surface area (Å²) in [5.41, 5.74) is 0.772. The molecule has 0 aliphatic heterocycles. The van der Waals surface area contributed by atoms with Gasteiger partial charge in [-0.25, -0.2) is 12.8 Å². The zero-order chi connectivity index (χ0) is 31.1. The molecule has 1 aliphatic carbocycles. The predicted molar refractivity (Wildman–Crippen MR) is 162 cm³/mol. The van der Waals surface area contributed by atoms with Gasteiger partial charge in [0.25, 0.3) is 10.0 Å². The van der Waals surface area contributed by atoms with Crippen molar-refractivity contribution in [3.63, 3.8) is 0 Å². The third-order valence-electron chi connectivity index (χ3n) is 7.47. The van der Waals surface area contributed by atoms with E-state index in [0.717, 1.165) is 42.1 Å². The van der Waals surface area contributed by atoms with E-state index in [1.807, 2.05) is 0 Å². The van der Waals surface area contributed by atoms with Crippen molar-refractivity contribution in [1.82, 2.24) is 10.2 Å². The van der Waals surface area contributed by atoms with E-state index >= 15 is 0 Å². The van der Waals surface area contributed by atoms with Gasteiger partial charge in [0.05, 0.1) is 24.8 Å². The second-order valence-corrected chi connectivity index (χ2v) is 12.6. The molecule has 4 rings (SSSR count). The number of benzene rings is 3. The predicted octanol–water partition coefficient (Wildman–Crippen LogP) is 5.17. The van der Waals surface area contributed by atoms with Crippen LogP contribution in [0.5, 0.6) is 11.5 Å². The number of ether oxygens (including phenoxy) is 2. The molecule has 9 nitrogen and oxygen atoms in total. The van der Waals surface area contributed by atoms with Crippen molar-refractivity contribution in [3.05, 3.63) is 83.1 Å². The molecule has 0 heterocycles. The molecule has 1 N–H and O–H groups in total. The zero-order valence-corrected chi connectivity index (χ0v) is 25.8. The number of carbonyl (C=O) groups is 2. The van der Waals surface area contributed by atoms with Crippen molar-refractivity contribution >= 4 is 39.1 Å². The van der Waals surface area contributed by atoms with Crippen LogP contribution in [-0.2, 0) is 26.2 Å². The first kappa shape index (κ1) is 32.1. The lowest BCUT2D eigenvalue weighted by Gasteiger charge is -2.32. The van der Waals surface area contributed by atoms with Gasteiger partial charge in [-0.1, -0.05) is 36.6 Å². The minimum Gasteiger partial charge on any atom is -0.493 e. The maximum Gasteiger partial charge on any atom is 0.264 e. The third kappa shape index (κ3) is 7.77. The number of nitrogens with zero attached hydrogens (tertiary/aromatic N) is 2. The Balaban J connectivity index is 1.71. The molecule has 0 aromatic heterocycles. The normalized spacial score (nSPS) is 14.2. The molecule has 43 heavy (non-hydrogen) atoms. The van der Waals surface area contributed by atoms with Gasteiger partial charge in [0, 0.05) is 23.7 Å². The fraction of sp³-hybridized carbons (Fsp3) is 0.355. The highest BCUT2D eigenvalue weighted by molar-refractivity contribution is 7.92. The van der Waals surface area contributed by atoms with Gasteiger partial charge in [0.15, 0.2) is 11.5 Å². The number of methoxy groups -OCH3 is 2. The molecule has 0 saturated heterocycles. The zero-order valence-electron chi connectivity index (χ0n) is 24.3. The minimum absolute atomic E-state index is 0.0307. The maximum absolute atomic E-state index is 14.0. The first-order valence-electron chi connectivity index (χ1n) is 13.9. The van der Waals surface area contributed by atoms with E-state index in [2.05, 4.69) is 5.32 Å². The summed E-state index contributed by atoms with van der Waals surface area (Å²) in [6.45, 7) is 0.989. The lowest BCUT2D eigenvalue weighted by atomic mass is 10.1. The Labute approximate surface area is 256 Å². The summed E-state index contributed by atoms with van der Waals surface area (Å²) in [6.07, 6.45) is 3.78. The lowest BCUT2D eigenvalue weighted by molar-refractivity contribution is -0.139. The Bertz CT molecular complexity index is 1530. The van der Waals surface area contributed by atoms with E-state index < -0.39 is 34.3 Å². The van der Waals surface area contributed by atoms with Crippen LogP contribution in [0.3, 0.4) is 0 Å². The van der Waals surface area contributed by atoms with Gasteiger partial charge in [-0.15, -0.1) is 0 Å². The summed E-state index contributed by atoms with van der Waals surface area (Å²) in [7, 11) is -1.58. The van der Waals surface area contributed by atoms with Crippen LogP contribution < -0.4 is 19.1 Å². The summed E-state index contributed by atoms with van der Waals surface area (Å²) in [5, 5.41) is 3.54. The van der Waals surface area contributed by atoms with Gasteiger partial charge in [-0.05, 0) is 73.9 Å². The maximum atomic E-state index is 14.0. The molecular weight excluding hydrogens is 597 g/mol. The number of amides is 2. The van der Waals surface area contributed by atoms with Crippen LogP contribution in [0.15, 0.2) is 71.6 Å². The van der Waals surface area contributed by atoms with Crippen molar-refractivity contribution in [2.24, 2.45) is 0 Å². The Morgan fingerprint density at radius 2 is 1.60 bits per heavy atom. The number of carbonyl (C=O) groups excluding carboxylic acids is 2. The first-order chi connectivity index (χ1) is 20.5. The highest BCUT2D eigenvalue weighted by Gasteiger charge is 2.34. The molecule has 0 unspecified atom stereocenters. The highest BCUT2D eigenvalue weighted by Crippen LogP contribution is 2.32. The Morgan fingerprint density at radius 1 is 0.977 bits per heavy atom. The number of hydrogen-bond acceptors (Lipinski definition) is 6. The van der Waals surface area contributed by atoms with Crippen molar-refractivity contribution < 1.29 is 31.9 Å². The largest absolute Gasteiger partial charge is 0.493 e. The molecule has 2 amide bonds. The molecule has 0 spiro atoms. The summed E-state index contributed by atoms with van der Waals surface area (Å²) in [4.78, 5) is 28.5. The average molecular weight is 632 g/mol. The van der Waals surface area contributed by atoms with Crippen LogP contribution in [-0.4, -0.2) is 58.0 Å².